The topological polar surface area (TPSA) is 17.1 Å². The van der Waals surface area contributed by atoms with Gasteiger partial charge in [-0.15, -0.1) is 0 Å². The smallest absolute Gasteiger partial charge is 0.139 e. The first-order valence-corrected chi connectivity index (χ1v) is 12.9. The second-order valence-corrected chi connectivity index (χ2v) is 11.7. The van der Waals surface area contributed by atoms with Crippen molar-refractivity contribution < 1.29 is 4.79 Å². The van der Waals surface area contributed by atoms with E-state index in [9.17, 15) is 4.79 Å². The first-order valence-electron chi connectivity index (χ1n) is 10.8. The standard InChI is InChI=1S/C23H34OS2/c1-3-12-25-13-14-26-17-5-7-18-16(15-17)4-6-20-19(18)10-11-23(2)21(20)8-9-22(23)24/h16-21H,4-11,13-15H2,1-2H3/t16?,17?,18?,19?,20?,21?,23-/m0/s1. The fraction of sp³-hybridized carbons (Fsp3) is 0.870. The van der Waals surface area contributed by atoms with E-state index < -0.39 is 0 Å². The molecule has 0 N–H and O–H groups in total. The maximum Gasteiger partial charge on any atom is 0.139 e. The van der Waals surface area contributed by atoms with Crippen molar-refractivity contribution in [1.29, 1.82) is 0 Å². The summed E-state index contributed by atoms with van der Waals surface area (Å²) in [7, 11) is 0. The van der Waals surface area contributed by atoms with E-state index >= 15 is 0 Å². The summed E-state index contributed by atoms with van der Waals surface area (Å²) < 4.78 is 0. The van der Waals surface area contributed by atoms with Gasteiger partial charge in [0.1, 0.15) is 5.78 Å². The van der Waals surface area contributed by atoms with Gasteiger partial charge in [-0.25, -0.2) is 0 Å². The molecule has 6 unspecified atom stereocenters. The van der Waals surface area contributed by atoms with Crippen molar-refractivity contribution in [2.75, 3.05) is 11.5 Å². The van der Waals surface area contributed by atoms with Crippen molar-refractivity contribution in [3.05, 3.63) is 0 Å². The van der Waals surface area contributed by atoms with Crippen LogP contribution in [-0.2, 0) is 4.79 Å². The number of carbonyl (C=O) groups is 1. The van der Waals surface area contributed by atoms with Gasteiger partial charge in [0.15, 0.2) is 0 Å². The monoisotopic (exact) mass is 390 g/mol. The number of hydrogen-bond acceptors (Lipinski definition) is 3. The van der Waals surface area contributed by atoms with Crippen molar-refractivity contribution in [3.63, 3.8) is 0 Å². The molecule has 0 radical (unpaired) electrons. The highest BCUT2D eigenvalue weighted by atomic mass is 32.2. The van der Waals surface area contributed by atoms with Gasteiger partial charge in [0.25, 0.3) is 0 Å². The average Bonchev–Trinajstić information content (AvgIpc) is 2.96. The van der Waals surface area contributed by atoms with E-state index in [4.69, 9.17) is 0 Å². The first-order chi connectivity index (χ1) is 12.6. The Labute approximate surface area is 168 Å². The van der Waals surface area contributed by atoms with Crippen LogP contribution in [0.1, 0.15) is 71.6 Å². The van der Waals surface area contributed by atoms with E-state index in [2.05, 4.69) is 29.9 Å². The molecule has 4 saturated carbocycles. The Morgan fingerprint density at radius 3 is 2.73 bits per heavy atom. The Morgan fingerprint density at radius 2 is 1.88 bits per heavy atom. The van der Waals surface area contributed by atoms with Crippen LogP contribution >= 0.6 is 23.5 Å². The van der Waals surface area contributed by atoms with Crippen LogP contribution in [0.15, 0.2) is 0 Å². The lowest BCUT2D eigenvalue weighted by Gasteiger charge is -2.54. The molecule has 0 aromatic rings. The van der Waals surface area contributed by atoms with Crippen LogP contribution in [0.4, 0.5) is 0 Å². The molecule has 0 aliphatic heterocycles. The highest BCUT2D eigenvalue weighted by Crippen LogP contribution is 2.61. The molecule has 26 heavy (non-hydrogen) atoms. The summed E-state index contributed by atoms with van der Waals surface area (Å²) in [5.74, 6) is 10.5. The molecule has 0 heterocycles. The molecule has 7 atom stereocenters. The van der Waals surface area contributed by atoms with Gasteiger partial charge in [-0.3, -0.25) is 4.79 Å². The zero-order valence-corrected chi connectivity index (χ0v) is 18.1. The molecule has 3 heteroatoms. The Hall–Kier alpha value is -0.0700. The van der Waals surface area contributed by atoms with Crippen molar-refractivity contribution >= 4 is 29.3 Å². The minimum atomic E-state index is 0.0557. The van der Waals surface area contributed by atoms with Gasteiger partial charge < -0.3 is 0 Å². The van der Waals surface area contributed by atoms with Crippen LogP contribution in [0.5, 0.6) is 0 Å². The van der Waals surface area contributed by atoms with E-state index in [0.717, 1.165) is 41.3 Å². The normalized spacial score (nSPS) is 44.5. The van der Waals surface area contributed by atoms with Crippen LogP contribution in [-0.4, -0.2) is 22.5 Å². The van der Waals surface area contributed by atoms with Crippen LogP contribution in [0.2, 0.25) is 0 Å². The Kier molecular flexibility index (Phi) is 6.01. The summed E-state index contributed by atoms with van der Waals surface area (Å²) in [6.45, 7) is 4.23. The zero-order chi connectivity index (χ0) is 18.1. The second kappa shape index (κ2) is 8.12. The van der Waals surface area contributed by atoms with E-state index in [0.29, 0.717) is 5.78 Å². The van der Waals surface area contributed by atoms with Gasteiger partial charge in [-0.1, -0.05) is 24.6 Å². The van der Waals surface area contributed by atoms with Gasteiger partial charge >= 0.3 is 0 Å². The molecule has 144 valence electrons. The predicted molar refractivity (Wildman–Crippen MR) is 114 cm³/mol. The minimum absolute atomic E-state index is 0.0557. The number of ketones is 1. The maximum absolute atomic E-state index is 12.5. The average molecular weight is 391 g/mol. The summed E-state index contributed by atoms with van der Waals surface area (Å²) in [6, 6.07) is 0. The molecule has 0 aromatic carbocycles. The number of hydrogen-bond donors (Lipinski definition) is 0. The van der Waals surface area contributed by atoms with Gasteiger partial charge in [0.2, 0.25) is 0 Å². The van der Waals surface area contributed by atoms with Gasteiger partial charge in [0, 0.05) is 28.6 Å². The largest absolute Gasteiger partial charge is 0.299 e. The van der Waals surface area contributed by atoms with Gasteiger partial charge in [-0.05, 0) is 93.1 Å². The molecular weight excluding hydrogens is 356 g/mol. The Bertz CT molecular complexity index is 591. The highest BCUT2D eigenvalue weighted by molar-refractivity contribution is 8.05. The van der Waals surface area contributed by atoms with E-state index in [-0.39, 0.29) is 5.41 Å². The number of carbonyl (C=O) groups excluding carboxylic acids is 1. The summed E-state index contributed by atoms with van der Waals surface area (Å²) in [5, 5.41) is 4.01. The molecule has 0 aromatic heterocycles. The summed E-state index contributed by atoms with van der Waals surface area (Å²) in [6.07, 6.45) is 11.8. The van der Waals surface area contributed by atoms with Crippen molar-refractivity contribution in [1.82, 2.24) is 0 Å². The van der Waals surface area contributed by atoms with Crippen molar-refractivity contribution in [2.45, 2.75) is 76.9 Å². The van der Waals surface area contributed by atoms with Gasteiger partial charge in [-0.2, -0.15) is 11.8 Å². The summed E-state index contributed by atoms with van der Waals surface area (Å²) >= 11 is 3.99. The molecule has 4 aliphatic rings. The number of fused-ring (bicyclic) bond motifs is 5. The Morgan fingerprint density at radius 1 is 1.04 bits per heavy atom. The van der Waals surface area contributed by atoms with Crippen LogP contribution in [0.3, 0.4) is 0 Å². The van der Waals surface area contributed by atoms with Crippen molar-refractivity contribution in [3.8, 4) is 11.2 Å². The molecule has 0 amide bonds. The first kappa shape index (κ1) is 19.3. The van der Waals surface area contributed by atoms with E-state index in [1.807, 2.05) is 6.92 Å². The lowest BCUT2D eigenvalue weighted by molar-refractivity contribution is -0.132. The highest BCUT2D eigenvalue weighted by Gasteiger charge is 2.56. The van der Waals surface area contributed by atoms with Crippen LogP contribution < -0.4 is 0 Å². The van der Waals surface area contributed by atoms with Crippen LogP contribution in [0.25, 0.3) is 0 Å². The predicted octanol–water partition coefficient (Wildman–Crippen LogP) is 6.02. The molecule has 4 fully saturated rings. The number of thioether (sulfide) groups is 2. The Balaban J connectivity index is 1.33. The van der Waals surface area contributed by atoms with Crippen molar-refractivity contribution in [2.24, 2.45) is 35.0 Å². The fourth-order valence-electron chi connectivity index (χ4n) is 7.11. The lowest BCUT2D eigenvalue weighted by Crippen LogP contribution is -2.48. The molecule has 0 bridgehead atoms. The third kappa shape index (κ3) is 3.50. The van der Waals surface area contributed by atoms with E-state index in [1.165, 1.54) is 62.9 Å². The maximum atomic E-state index is 12.5. The quantitative estimate of drug-likeness (QED) is 0.431. The third-order valence-electron chi connectivity index (χ3n) is 8.33. The SMILES string of the molecule is CC#CSCCSC1CCC2C(CCC3C2CC[C@]2(C)C(=O)CCC32)C1. The molecule has 0 saturated heterocycles. The molecule has 4 aliphatic carbocycles. The summed E-state index contributed by atoms with van der Waals surface area (Å²) in [5.41, 5.74) is 0.0557. The van der Waals surface area contributed by atoms with E-state index in [1.54, 1.807) is 11.8 Å². The number of rotatable bonds is 4. The molecule has 1 nitrogen and oxygen atoms in total. The molecule has 4 rings (SSSR count). The van der Waals surface area contributed by atoms with Crippen LogP contribution in [0, 0.1) is 46.2 Å². The fourth-order valence-corrected chi connectivity index (χ4v) is 9.10. The lowest BCUT2D eigenvalue weighted by atomic mass is 9.50. The molecular formula is C23H34OS2. The third-order valence-corrected chi connectivity index (χ3v) is 10.7. The van der Waals surface area contributed by atoms with Gasteiger partial charge in [0.05, 0.1) is 0 Å². The second-order valence-electron chi connectivity index (χ2n) is 9.36. The molecule has 0 spiro atoms. The summed E-state index contributed by atoms with van der Waals surface area (Å²) in [4.78, 5) is 12.5. The number of Topliss-reactive ketones (excluding diaryl/α,β-unsaturated/α-hetero) is 1. The zero-order valence-electron chi connectivity index (χ0n) is 16.5. The minimum Gasteiger partial charge on any atom is -0.299 e.